The Bertz CT molecular complexity index is 896. The summed E-state index contributed by atoms with van der Waals surface area (Å²) in [7, 11) is 0. The van der Waals surface area contributed by atoms with Crippen molar-refractivity contribution in [2.24, 2.45) is 5.73 Å². The van der Waals surface area contributed by atoms with Gasteiger partial charge in [-0.3, -0.25) is 24.0 Å². The van der Waals surface area contributed by atoms with Crippen LogP contribution < -0.4 is 21.7 Å². The summed E-state index contributed by atoms with van der Waals surface area (Å²) in [6.07, 6.45) is 1.41. The van der Waals surface area contributed by atoms with E-state index in [9.17, 15) is 29.1 Å². The van der Waals surface area contributed by atoms with E-state index in [0.29, 0.717) is 11.3 Å². The third kappa shape index (κ3) is 11.1. The fourth-order valence-corrected chi connectivity index (χ4v) is 3.42. The quantitative estimate of drug-likeness (QED) is 0.159. The van der Waals surface area contributed by atoms with E-state index in [1.165, 1.54) is 30.8 Å². The molecule has 194 valence electrons. The molecule has 0 heterocycles. The molecule has 0 saturated heterocycles. The van der Waals surface area contributed by atoms with E-state index in [4.69, 9.17) is 15.9 Å². The number of carbonyl (C=O) groups is 5. The molecule has 0 spiro atoms. The minimum Gasteiger partial charge on any atom is -0.508 e. The van der Waals surface area contributed by atoms with Crippen LogP contribution in [0.2, 0.25) is 0 Å². The maximum atomic E-state index is 12.9. The number of carboxylic acids is 2. The van der Waals surface area contributed by atoms with Crippen LogP contribution in [0.15, 0.2) is 24.3 Å². The van der Waals surface area contributed by atoms with Gasteiger partial charge in [-0.05, 0) is 55.9 Å². The third-order valence-electron chi connectivity index (χ3n) is 4.98. The van der Waals surface area contributed by atoms with Crippen molar-refractivity contribution in [3.8, 4) is 5.75 Å². The van der Waals surface area contributed by atoms with Crippen LogP contribution in [0, 0.1) is 0 Å². The number of phenolic OH excluding ortho intramolecular Hbond substituents is 1. The highest BCUT2D eigenvalue weighted by Gasteiger charge is 2.29. The van der Waals surface area contributed by atoms with Gasteiger partial charge >= 0.3 is 11.9 Å². The molecule has 1 rings (SSSR count). The van der Waals surface area contributed by atoms with Crippen LogP contribution in [0.5, 0.6) is 5.75 Å². The number of carbonyl (C=O) groups excluding carboxylic acids is 3. The summed E-state index contributed by atoms with van der Waals surface area (Å²) in [6, 6.07) is 1.43. The van der Waals surface area contributed by atoms with Crippen molar-refractivity contribution >= 4 is 41.4 Å². The Morgan fingerprint density at radius 3 is 2.00 bits per heavy atom. The molecule has 8 N–H and O–H groups in total. The molecule has 0 aliphatic carbocycles. The van der Waals surface area contributed by atoms with Gasteiger partial charge in [0.05, 0.1) is 6.04 Å². The number of nitrogens with two attached hydrogens (primary N) is 1. The maximum Gasteiger partial charge on any atom is 0.325 e. The first-order valence-electron chi connectivity index (χ1n) is 10.8. The van der Waals surface area contributed by atoms with Gasteiger partial charge < -0.3 is 37.0 Å². The van der Waals surface area contributed by atoms with Gasteiger partial charge in [-0.1, -0.05) is 12.1 Å². The van der Waals surface area contributed by atoms with Crippen molar-refractivity contribution in [3.05, 3.63) is 29.8 Å². The summed E-state index contributed by atoms with van der Waals surface area (Å²) >= 11 is 1.41. The van der Waals surface area contributed by atoms with Crippen molar-refractivity contribution in [1.82, 2.24) is 16.0 Å². The Labute approximate surface area is 207 Å². The number of nitrogens with one attached hydrogen (secondary N) is 3. The van der Waals surface area contributed by atoms with Crippen LogP contribution in [0.1, 0.15) is 31.7 Å². The molecule has 13 heteroatoms. The van der Waals surface area contributed by atoms with Gasteiger partial charge in [0.2, 0.25) is 17.7 Å². The number of aliphatic carboxylic acids is 2. The average molecular weight is 513 g/mol. The highest BCUT2D eigenvalue weighted by molar-refractivity contribution is 7.98. The lowest BCUT2D eigenvalue weighted by Gasteiger charge is -2.24. The Morgan fingerprint density at radius 1 is 0.914 bits per heavy atom. The second kappa shape index (κ2) is 14.8. The van der Waals surface area contributed by atoms with Crippen molar-refractivity contribution in [3.63, 3.8) is 0 Å². The number of hydrogen-bond donors (Lipinski definition) is 7. The fraction of sp³-hybridized carbons (Fsp3) is 0.500. The zero-order valence-corrected chi connectivity index (χ0v) is 20.3. The molecule has 0 bridgehead atoms. The minimum absolute atomic E-state index is 0.0509. The molecular formula is C22H32N4O8S. The van der Waals surface area contributed by atoms with Crippen LogP contribution in [0.4, 0.5) is 0 Å². The predicted octanol–water partition coefficient (Wildman–Crippen LogP) is -0.561. The van der Waals surface area contributed by atoms with Crippen LogP contribution in [0.3, 0.4) is 0 Å². The van der Waals surface area contributed by atoms with E-state index in [0.717, 1.165) is 0 Å². The van der Waals surface area contributed by atoms with Gasteiger partial charge in [-0.2, -0.15) is 11.8 Å². The molecule has 3 amide bonds. The molecule has 0 radical (unpaired) electrons. The minimum atomic E-state index is -1.29. The molecule has 0 aromatic heterocycles. The first-order chi connectivity index (χ1) is 16.4. The number of amides is 3. The summed E-state index contributed by atoms with van der Waals surface area (Å²) < 4.78 is 0. The van der Waals surface area contributed by atoms with Crippen LogP contribution in [-0.4, -0.2) is 81.2 Å². The summed E-state index contributed by atoms with van der Waals surface area (Å²) in [5.41, 5.74) is 6.61. The zero-order chi connectivity index (χ0) is 26.5. The predicted molar refractivity (Wildman–Crippen MR) is 129 cm³/mol. The Hall–Kier alpha value is -3.32. The van der Waals surface area contributed by atoms with E-state index in [-0.39, 0.29) is 25.0 Å². The van der Waals surface area contributed by atoms with E-state index in [2.05, 4.69) is 16.0 Å². The first-order valence-corrected chi connectivity index (χ1v) is 12.2. The maximum absolute atomic E-state index is 12.9. The van der Waals surface area contributed by atoms with Gasteiger partial charge in [-0.15, -0.1) is 0 Å². The lowest BCUT2D eigenvalue weighted by atomic mass is 10.0. The number of phenols is 1. The monoisotopic (exact) mass is 512 g/mol. The molecule has 4 unspecified atom stereocenters. The number of hydrogen-bond acceptors (Lipinski definition) is 8. The lowest BCUT2D eigenvalue weighted by Crippen LogP contribution is -2.57. The van der Waals surface area contributed by atoms with E-state index < -0.39 is 60.2 Å². The van der Waals surface area contributed by atoms with Crippen molar-refractivity contribution < 1.29 is 39.3 Å². The highest BCUT2D eigenvalue weighted by Crippen LogP contribution is 2.11. The second-order valence-corrected chi connectivity index (χ2v) is 8.87. The second-order valence-electron chi connectivity index (χ2n) is 7.88. The van der Waals surface area contributed by atoms with Gasteiger partial charge in [0.1, 0.15) is 23.9 Å². The molecule has 0 aliphatic rings. The molecule has 4 atom stereocenters. The van der Waals surface area contributed by atoms with Crippen LogP contribution in [0.25, 0.3) is 0 Å². The lowest BCUT2D eigenvalue weighted by molar-refractivity contribution is -0.141. The molecule has 1 aromatic carbocycles. The topological polar surface area (TPSA) is 208 Å². The van der Waals surface area contributed by atoms with Crippen LogP contribution >= 0.6 is 11.8 Å². The molecular weight excluding hydrogens is 480 g/mol. The van der Waals surface area contributed by atoms with E-state index >= 15 is 0 Å². The third-order valence-corrected chi connectivity index (χ3v) is 5.63. The normalized spacial score (nSPS) is 14.1. The van der Waals surface area contributed by atoms with Gasteiger partial charge in [-0.25, -0.2) is 0 Å². The molecule has 0 fully saturated rings. The van der Waals surface area contributed by atoms with E-state index in [1.807, 2.05) is 0 Å². The van der Waals surface area contributed by atoms with Crippen molar-refractivity contribution in [2.75, 3.05) is 12.0 Å². The highest BCUT2D eigenvalue weighted by atomic mass is 32.2. The summed E-state index contributed by atoms with van der Waals surface area (Å²) in [5.74, 6) is -4.11. The number of rotatable bonds is 15. The number of thioether (sulfide) groups is 1. The standard InChI is InChI=1S/C22H32N4O8S/c1-12(22(33)34)24-20(31)17(9-10-35-2)26-21(32)16(7-8-18(28)29)25-19(30)15(23)11-13-3-5-14(27)6-4-13/h3-6,12,15-17,27H,7-11,23H2,1-2H3,(H,24,31)(H,25,30)(H,26,32)(H,28,29)(H,33,34). The Balaban J connectivity index is 2.92. The van der Waals surface area contributed by atoms with Crippen molar-refractivity contribution in [1.29, 1.82) is 0 Å². The Morgan fingerprint density at radius 2 is 1.46 bits per heavy atom. The summed E-state index contributed by atoms with van der Waals surface area (Å²) in [6.45, 7) is 1.28. The smallest absolute Gasteiger partial charge is 0.325 e. The summed E-state index contributed by atoms with van der Waals surface area (Å²) in [5, 5.41) is 34.6. The van der Waals surface area contributed by atoms with Crippen molar-refractivity contribution in [2.45, 2.75) is 56.8 Å². The summed E-state index contributed by atoms with van der Waals surface area (Å²) in [4.78, 5) is 60.2. The molecule has 0 saturated carbocycles. The molecule has 1 aromatic rings. The van der Waals surface area contributed by atoms with Crippen LogP contribution in [-0.2, 0) is 30.4 Å². The number of benzene rings is 1. The zero-order valence-electron chi connectivity index (χ0n) is 19.5. The number of carboxylic acid groups (broad SMARTS) is 2. The SMILES string of the molecule is CSCCC(NC(=O)C(CCC(=O)O)NC(=O)C(N)Cc1ccc(O)cc1)C(=O)NC(C)C(=O)O. The van der Waals surface area contributed by atoms with Gasteiger partial charge in [0, 0.05) is 6.42 Å². The first kappa shape index (κ1) is 29.7. The van der Waals surface area contributed by atoms with E-state index in [1.54, 1.807) is 18.4 Å². The van der Waals surface area contributed by atoms with Gasteiger partial charge in [0.25, 0.3) is 0 Å². The molecule has 12 nitrogen and oxygen atoms in total. The molecule has 35 heavy (non-hydrogen) atoms. The average Bonchev–Trinajstić information content (AvgIpc) is 2.79. The van der Waals surface area contributed by atoms with Gasteiger partial charge in [0.15, 0.2) is 0 Å². The Kier molecular flexibility index (Phi) is 12.6. The largest absolute Gasteiger partial charge is 0.508 e. The molecule has 0 aliphatic heterocycles. The fourth-order valence-electron chi connectivity index (χ4n) is 2.95. The number of aromatic hydroxyl groups is 1.